The van der Waals surface area contributed by atoms with Crippen molar-refractivity contribution >= 4 is 27.6 Å². The molecule has 2 nitrogen and oxygen atoms in total. The van der Waals surface area contributed by atoms with Gasteiger partial charge in [0.2, 0.25) is 0 Å². The van der Waals surface area contributed by atoms with Crippen LogP contribution in [0.4, 0.5) is 0 Å². The van der Waals surface area contributed by atoms with Gasteiger partial charge < -0.3 is 0 Å². The Morgan fingerprint density at radius 1 is 0.533 bits per heavy atom. The number of hydrogen-bond acceptors (Lipinski definition) is 2. The van der Waals surface area contributed by atoms with Gasteiger partial charge in [0.25, 0.3) is 0 Å². The lowest BCUT2D eigenvalue weighted by atomic mass is 9.67. The minimum atomic E-state index is 0.185. The molecule has 0 fully saturated rings. The van der Waals surface area contributed by atoms with Crippen molar-refractivity contribution in [3.05, 3.63) is 138 Å². The highest BCUT2D eigenvalue weighted by atomic mass is 14.7. The highest BCUT2D eigenvalue weighted by Gasteiger charge is 2.33. The molecule has 0 bridgehead atoms. The molecule has 1 aliphatic carbocycles. The van der Waals surface area contributed by atoms with Crippen LogP contribution in [0.5, 0.6) is 0 Å². The Bertz CT molecular complexity index is 2120. The van der Waals surface area contributed by atoms with Crippen LogP contribution in [0.1, 0.15) is 39.2 Å². The molecule has 0 saturated carbocycles. The van der Waals surface area contributed by atoms with E-state index < -0.39 is 0 Å². The van der Waals surface area contributed by atoms with Crippen molar-refractivity contribution in [1.82, 2.24) is 9.97 Å². The maximum absolute atomic E-state index is 4.57. The van der Waals surface area contributed by atoms with E-state index in [0.29, 0.717) is 11.8 Å². The Kier molecular flexibility index (Phi) is 6.42. The summed E-state index contributed by atoms with van der Waals surface area (Å²) in [6.07, 6.45) is 6.25. The molecule has 0 radical (unpaired) electrons. The molecule has 2 heteroatoms. The summed E-state index contributed by atoms with van der Waals surface area (Å²) in [5.74, 6) is 0.916. The predicted molar refractivity (Wildman–Crippen MR) is 190 cm³/mol. The number of hydrogen-bond donors (Lipinski definition) is 0. The van der Waals surface area contributed by atoms with Crippen molar-refractivity contribution in [3.8, 4) is 44.8 Å². The van der Waals surface area contributed by atoms with Gasteiger partial charge in [0.05, 0.1) is 11.4 Å². The lowest BCUT2D eigenvalue weighted by Gasteiger charge is -2.37. The number of pyridine rings is 2. The van der Waals surface area contributed by atoms with Gasteiger partial charge in [0.1, 0.15) is 0 Å². The van der Waals surface area contributed by atoms with Crippen LogP contribution in [-0.2, 0) is 0 Å². The molecule has 2 aromatic heterocycles. The maximum atomic E-state index is 4.57. The van der Waals surface area contributed by atoms with E-state index in [1.54, 1.807) is 0 Å². The van der Waals surface area contributed by atoms with E-state index in [4.69, 9.17) is 0 Å². The van der Waals surface area contributed by atoms with Gasteiger partial charge in [-0.2, -0.15) is 0 Å². The van der Waals surface area contributed by atoms with Crippen molar-refractivity contribution in [2.24, 2.45) is 11.3 Å². The summed E-state index contributed by atoms with van der Waals surface area (Å²) in [4.78, 5) is 9.14. The second kappa shape index (κ2) is 10.5. The summed E-state index contributed by atoms with van der Waals surface area (Å²) in [6.45, 7) is 9.52. The fourth-order valence-electron chi connectivity index (χ4n) is 7.53. The normalized spacial score (nSPS) is 16.2. The molecule has 2 unspecified atom stereocenters. The van der Waals surface area contributed by atoms with E-state index in [1.165, 1.54) is 54.6 Å². The quantitative estimate of drug-likeness (QED) is 0.207. The second-order valence-electron chi connectivity index (χ2n) is 13.6. The average molecular weight is 581 g/mol. The Hall–Kier alpha value is -5.08. The standard InChI is InChI=1S/C43H36N2/c1-27-33-21-22-35-37(29-13-17-31(18-14-29)40-10-6-8-24-45-40)26-36(28-11-15-30(16-12-28)39-9-5-7-23-44-39)34-20-19-32(41(33)42(34)35)25-38(27)43(2,3)4/h5-27,38H,1-4H3. The summed E-state index contributed by atoms with van der Waals surface area (Å²) >= 11 is 0. The summed E-state index contributed by atoms with van der Waals surface area (Å²) in [6, 6.07) is 41.8. The van der Waals surface area contributed by atoms with Gasteiger partial charge in [-0.05, 0) is 102 Å². The van der Waals surface area contributed by atoms with Crippen LogP contribution in [0.15, 0.2) is 128 Å². The van der Waals surface area contributed by atoms with Gasteiger partial charge in [-0.1, -0.05) is 119 Å². The van der Waals surface area contributed by atoms with Crippen molar-refractivity contribution < 1.29 is 0 Å². The first-order chi connectivity index (χ1) is 21.9. The van der Waals surface area contributed by atoms with E-state index in [0.717, 1.165) is 22.5 Å². The summed E-state index contributed by atoms with van der Waals surface area (Å²) < 4.78 is 0. The van der Waals surface area contributed by atoms with Gasteiger partial charge in [-0.3, -0.25) is 9.97 Å². The summed E-state index contributed by atoms with van der Waals surface area (Å²) in [5, 5.41) is 6.76. The lowest BCUT2D eigenvalue weighted by Crippen LogP contribution is -2.29. The molecule has 0 saturated heterocycles. The van der Waals surface area contributed by atoms with E-state index >= 15 is 0 Å². The van der Waals surface area contributed by atoms with Gasteiger partial charge in [0.15, 0.2) is 0 Å². The van der Waals surface area contributed by atoms with Gasteiger partial charge in [-0.25, -0.2) is 0 Å². The maximum Gasteiger partial charge on any atom is 0.0701 e. The van der Waals surface area contributed by atoms with Crippen LogP contribution in [0.25, 0.3) is 72.4 Å². The Morgan fingerprint density at radius 3 is 1.53 bits per heavy atom. The van der Waals surface area contributed by atoms with E-state index in [2.05, 4.69) is 135 Å². The Morgan fingerprint density at radius 2 is 1.04 bits per heavy atom. The fraction of sp³-hybridized carbons (Fsp3) is 0.163. The van der Waals surface area contributed by atoms with E-state index in [-0.39, 0.29) is 5.41 Å². The van der Waals surface area contributed by atoms with Crippen molar-refractivity contribution in [2.75, 3.05) is 0 Å². The number of rotatable bonds is 4. The van der Waals surface area contributed by atoms with Crippen LogP contribution in [0.3, 0.4) is 0 Å². The highest BCUT2D eigenvalue weighted by Crippen LogP contribution is 2.47. The van der Waals surface area contributed by atoms with Crippen LogP contribution in [-0.4, -0.2) is 9.97 Å². The molecule has 2 heterocycles. The van der Waals surface area contributed by atoms with E-state index in [1.807, 2.05) is 36.7 Å². The Labute approximate surface area is 265 Å². The number of benzene rings is 5. The zero-order valence-corrected chi connectivity index (χ0v) is 26.3. The third-order valence-electron chi connectivity index (χ3n) is 9.80. The smallest absolute Gasteiger partial charge is 0.0701 e. The monoisotopic (exact) mass is 580 g/mol. The van der Waals surface area contributed by atoms with Crippen LogP contribution in [0, 0.1) is 11.3 Å². The molecule has 0 spiro atoms. The average Bonchev–Trinajstić information content (AvgIpc) is 3.08. The summed E-state index contributed by atoms with van der Waals surface area (Å²) in [7, 11) is 0. The molecule has 5 aromatic carbocycles. The molecule has 45 heavy (non-hydrogen) atoms. The van der Waals surface area contributed by atoms with Crippen LogP contribution < -0.4 is 5.22 Å². The largest absolute Gasteiger partial charge is 0.256 e. The third kappa shape index (κ3) is 4.64. The number of nitrogens with zero attached hydrogens (tertiary/aromatic N) is 2. The van der Waals surface area contributed by atoms with Crippen molar-refractivity contribution in [1.29, 1.82) is 0 Å². The molecular formula is C43H36N2. The molecule has 0 N–H and O–H groups in total. The van der Waals surface area contributed by atoms with Gasteiger partial charge >= 0.3 is 0 Å². The predicted octanol–water partition coefficient (Wildman–Crippen LogP) is 10.7. The van der Waals surface area contributed by atoms with Crippen molar-refractivity contribution in [3.63, 3.8) is 0 Å². The van der Waals surface area contributed by atoms with Gasteiger partial charge in [-0.15, -0.1) is 0 Å². The second-order valence-corrected chi connectivity index (χ2v) is 13.6. The van der Waals surface area contributed by atoms with E-state index in [9.17, 15) is 0 Å². The topological polar surface area (TPSA) is 25.8 Å². The molecule has 1 aliphatic rings. The number of aromatic nitrogens is 2. The fourth-order valence-corrected chi connectivity index (χ4v) is 7.53. The SMILES string of the molecule is CC1c2ccc3c(-c4ccc(-c5ccccn5)cc4)cc(-c4ccc(-c5ccccn5)cc4)c4ccc(c2c34)=CC1C(C)(C)C. The zero-order chi connectivity index (χ0) is 30.7. The van der Waals surface area contributed by atoms with Crippen LogP contribution >= 0.6 is 0 Å². The Balaban J connectivity index is 1.38. The molecule has 218 valence electrons. The van der Waals surface area contributed by atoms with Crippen LogP contribution in [0.2, 0.25) is 0 Å². The third-order valence-corrected chi connectivity index (χ3v) is 9.80. The first-order valence-corrected chi connectivity index (χ1v) is 15.9. The zero-order valence-electron chi connectivity index (χ0n) is 26.3. The first-order valence-electron chi connectivity index (χ1n) is 15.9. The molecule has 7 aromatic rings. The molecule has 0 aliphatic heterocycles. The van der Waals surface area contributed by atoms with Gasteiger partial charge in [0, 0.05) is 23.5 Å². The molecular weight excluding hydrogens is 544 g/mol. The minimum absolute atomic E-state index is 0.185. The highest BCUT2D eigenvalue weighted by molar-refractivity contribution is 6.21. The minimum Gasteiger partial charge on any atom is -0.256 e. The summed E-state index contributed by atoms with van der Waals surface area (Å²) in [5.41, 5.74) is 10.8. The molecule has 8 rings (SSSR count). The van der Waals surface area contributed by atoms with Crippen molar-refractivity contribution in [2.45, 2.75) is 33.6 Å². The lowest BCUT2D eigenvalue weighted by molar-refractivity contribution is 0.275. The molecule has 0 amide bonds. The first kappa shape index (κ1) is 27.5. The molecule has 2 atom stereocenters.